The average molecular weight is 491 g/mol. The summed E-state index contributed by atoms with van der Waals surface area (Å²) >= 11 is 0. The van der Waals surface area contributed by atoms with Gasteiger partial charge in [-0.2, -0.15) is 0 Å². The molecule has 2 atom stereocenters. The molecule has 5 rings (SSSR count). The van der Waals surface area contributed by atoms with E-state index in [0.29, 0.717) is 27.8 Å². The Bertz CT molecular complexity index is 1540. The summed E-state index contributed by atoms with van der Waals surface area (Å²) in [6.45, 7) is 1.79. The second kappa shape index (κ2) is 8.80. The number of pyridine rings is 1. The number of benzene rings is 2. The Labute approximate surface area is 204 Å². The molecule has 4 aromatic rings. The maximum atomic E-state index is 14.1. The molecule has 2 aromatic carbocycles. The maximum absolute atomic E-state index is 14.1. The number of hydrogen-bond donors (Lipinski definition) is 3. The van der Waals surface area contributed by atoms with E-state index in [-0.39, 0.29) is 41.0 Å². The highest BCUT2D eigenvalue weighted by Crippen LogP contribution is 2.31. The molecule has 0 spiro atoms. The molecular formula is C26H23F2N5O3. The van der Waals surface area contributed by atoms with Crippen LogP contribution >= 0.6 is 0 Å². The zero-order valence-corrected chi connectivity index (χ0v) is 19.8. The van der Waals surface area contributed by atoms with Crippen LogP contribution in [0, 0.1) is 11.6 Å². The number of H-pyrrole nitrogens is 2. The molecule has 1 aliphatic rings. The number of nitrogens with zero attached hydrogens (tertiary/aromatic N) is 2. The van der Waals surface area contributed by atoms with Gasteiger partial charge < -0.3 is 15.3 Å². The number of rotatable bonds is 6. The van der Waals surface area contributed by atoms with E-state index >= 15 is 0 Å². The minimum atomic E-state index is -0.858. The van der Waals surface area contributed by atoms with Gasteiger partial charge in [0.2, 0.25) is 0 Å². The van der Waals surface area contributed by atoms with Crippen LogP contribution in [0.5, 0.6) is 0 Å². The van der Waals surface area contributed by atoms with Crippen molar-refractivity contribution in [1.29, 1.82) is 0 Å². The number of ketones is 2. The summed E-state index contributed by atoms with van der Waals surface area (Å²) in [4.78, 5) is 50.2. The van der Waals surface area contributed by atoms with Crippen LogP contribution in [0.25, 0.3) is 22.4 Å². The van der Waals surface area contributed by atoms with Gasteiger partial charge in [0.15, 0.2) is 11.6 Å². The first kappa shape index (κ1) is 23.6. The van der Waals surface area contributed by atoms with E-state index in [2.05, 4.69) is 20.3 Å². The van der Waals surface area contributed by atoms with E-state index in [0.717, 1.165) is 18.2 Å². The molecule has 36 heavy (non-hydrogen) atoms. The van der Waals surface area contributed by atoms with Crippen molar-refractivity contribution in [2.24, 2.45) is 0 Å². The van der Waals surface area contributed by atoms with Crippen molar-refractivity contribution in [3.8, 4) is 11.4 Å². The first-order valence-electron chi connectivity index (χ1n) is 11.3. The second-order valence-electron chi connectivity index (χ2n) is 9.18. The normalized spacial score (nSPS) is 14.6. The van der Waals surface area contributed by atoms with E-state index in [1.54, 1.807) is 44.1 Å². The molecule has 10 heteroatoms. The predicted molar refractivity (Wildman–Crippen MR) is 131 cm³/mol. The molecule has 0 amide bonds. The Kier molecular flexibility index (Phi) is 5.76. The SMILES string of the molecule is CC(Cc1cc(F)ccc1F)Nc1cc[nH]c(=O)c1-c1nc2cc3c(cc2[nH]1)C(=O)C(N(C)C)C3=O. The number of carbonyl (C=O) groups excluding carboxylic acids is 2. The van der Waals surface area contributed by atoms with E-state index in [1.807, 2.05) is 0 Å². The fourth-order valence-corrected chi connectivity index (χ4v) is 4.65. The van der Waals surface area contributed by atoms with Crippen LogP contribution in [0.2, 0.25) is 0 Å². The van der Waals surface area contributed by atoms with Crippen LogP contribution < -0.4 is 10.9 Å². The average Bonchev–Trinajstić information content (AvgIpc) is 3.32. The van der Waals surface area contributed by atoms with Crippen molar-refractivity contribution >= 4 is 28.3 Å². The number of hydrogen-bond acceptors (Lipinski definition) is 6. The Morgan fingerprint density at radius 3 is 2.50 bits per heavy atom. The quantitative estimate of drug-likeness (QED) is 0.356. The van der Waals surface area contributed by atoms with Gasteiger partial charge in [-0.25, -0.2) is 13.8 Å². The van der Waals surface area contributed by atoms with Crippen molar-refractivity contribution < 1.29 is 18.4 Å². The van der Waals surface area contributed by atoms with Gasteiger partial charge in [0.1, 0.15) is 29.1 Å². The molecule has 2 heterocycles. The third-order valence-electron chi connectivity index (χ3n) is 6.30. The lowest BCUT2D eigenvalue weighted by Gasteiger charge is -2.17. The van der Waals surface area contributed by atoms with E-state index in [1.165, 1.54) is 6.20 Å². The smallest absolute Gasteiger partial charge is 0.261 e. The Balaban J connectivity index is 1.50. The molecule has 2 unspecified atom stereocenters. The summed E-state index contributed by atoms with van der Waals surface area (Å²) in [6.07, 6.45) is 1.65. The van der Waals surface area contributed by atoms with E-state index in [4.69, 9.17) is 0 Å². The molecule has 8 nitrogen and oxygen atoms in total. The van der Waals surface area contributed by atoms with Crippen molar-refractivity contribution in [3.05, 3.63) is 81.3 Å². The molecule has 0 fully saturated rings. The number of aromatic amines is 2. The van der Waals surface area contributed by atoms with Gasteiger partial charge in [-0.3, -0.25) is 19.3 Å². The van der Waals surface area contributed by atoms with Crippen molar-refractivity contribution in [2.75, 3.05) is 19.4 Å². The van der Waals surface area contributed by atoms with E-state index < -0.39 is 23.2 Å². The largest absolute Gasteiger partial charge is 0.381 e. The summed E-state index contributed by atoms with van der Waals surface area (Å²) in [7, 11) is 3.35. The van der Waals surface area contributed by atoms with Gasteiger partial charge in [0.25, 0.3) is 5.56 Å². The van der Waals surface area contributed by atoms with Crippen molar-refractivity contribution in [3.63, 3.8) is 0 Å². The molecule has 2 aromatic heterocycles. The highest BCUT2D eigenvalue weighted by Gasteiger charge is 2.40. The molecule has 1 aliphatic carbocycles. The summed E-state index contributed by atoms with van der Waals surface area (Å²) in [6, 6.07) is 6.88. The summed E-state index contributed by atoms with van der Waals surface area (Å²) in [5.41, 5.74) is 2.00. The number of Topliss-reactive ketones (excluding diaryl/α,β-unsaturated/α-hetero) is 2. The summed E-state index contributed by atoms with van der Waals surface area (Å²) in [5.74, 6) is -1.37. The lowest BCUT2D eigenvalue weighted by molar-refractivity contribution is 0.0790. The third-order valence-corrected chi connectivity index (χ3v) is 6.30. The molecule has 0 radical (unpaired) electrons. The number of anilines is 1. The van der Waals surface area contributed by atoms with E-state index in [9.17, 15) is 23.2 Å². The first-order chi connectivity index (χ1) is 17.1. The number of halogens is 2. The number of likely N-dealkylation sites (N-methyl/N-ethyl adjacent to an activating group) is 1. The lowest BCUT2D eigenvalue weighted by Crippen LogP contribution is -2.37. The Morgan fingerprint density at radius 1 is 1.06 bits per heavy atom. The van der Waals surface area contributed by atoms with Gasteiger partial charge in [0.05, 0.1) is 16.7 Å². The second-order valence-corrected chi connectivity index (χ2v) is 9.18. The van der Waals surface area contributed by atoms with Crippen LogP contribution in [0.3, 0.4) is 0 Å². The molecule has 0 aliphatic heterocycles. The maximum Gasteiger partial charge on any atom is 0.261 e. The molecule has 0 bridgehead atoms. The van der Waals surface area contributed by atoms with Crippen LogP contribution in [-0.2, 0) is 6.42 Å². The molecule has 0 saturated heterocycles. The van der Waals surface area contributed by atoms with Gasteiger partial charge >= 0.3 is 0 Å². The number of nitrogens with one attached hydrogen (secondary N) is 3. The fraction of sp³-hybridized carbons (Fsp3) is 0.231. The van der Waals surface area contributed by atoms with Gasteiger partial charge in [-0.1, -0.05) is 0 Å². The van der Waals surface area contributed by atoms with Crippen molar-refractivity contribution in [1.82, 2.24) is 19.9 Å². The summed E-state index contributed by atoms with van der Waals surface area (Å²) in [5, 5.41) is 3.18. The first-order valence-corrected chi connectivity index (χ1v) is 11.3. The molecular weight excluding hydrogens is 468 g/mol. The topological polar surface area (TPSA) is 111 Å². The third kappa shape index (κ3) is 3.99. The van der Waals surface area contributed by atoms with Crippen LogP contribution in [-0.4, -0.2) is 57.6 Å². The monoisotopic (exact) mass is 491 g/mol. The minimum Gasteiger partial charge on any atom is -0.381 e. The molecule has 3 N–H and O–H groups in total. The molecule has 184 valence electrons. The predicted octanol–water partition coefficient (Wildman–Crippen LogP) is 3.55. The van der Waals surface area contributed by atoms with Gasteiger partial charge in [-0.15, -0.1) is 0 Å². The molecule has 0 saturated carbocycles. The Hall–Kier alpha value is -4.18. The number of carbonyl (C=O) groups is 2. The van der Waals surface area contributed by atoms with Crippen LogP contribution in [0.1, 0.15) is 33.2 Å². The number of imidazole rings is 1. The van der Waals surface area contributed by atoms with Crippen molar-refractivity contribution in [2.45, 2.75) is 25.4 Å². The lowest BCUT2D eigenvalue weighted by atomic mass is 10.1. The Morgan fingerprint density at radius 2 is 1.78 bits per heavy atom. The number of fused-ring (bicyclic) bond motifs is 2. The standard InChI is InChI=1S/C26H23F2N5O3/c1-12(8-13-9-14(27)4-5-17(13)28)30-18-6-7-29-26(36)21(18)25-31-19-10-15-16(11-20(19)32-25)24(35)22(23(15)34)33(2)3/h4-7,9-12,22H,8H2,1-3H3,(H,31,32)(H2,29,30,36). The highest BCUT2D eigenvalue weighted by atomic mass is 19.1. The highest BCUT2D eigenvalue weighted by molar-refractivity contribution is 6.30. The van der Waals surface area contributed by atoms with Crippen LogP contribution in [0.15, 0.2) is 47.4 Å². The zero-order valence-electron chi connectivity index (χ0n) is 19.8. The fourth-order valence-electron chi connectivity index (χ4n) is 4.65. The zero-order chi connectivity index (χ0) is 25.7. The van der Waals surface area contributed by atoms with Gasteiger partial charge in [-0.05, 0) is 69.4 Å². The number of aromatic nitrogens is 3. The van der Waals surface area contributed by atoms with Gasteiger partial charge in [0, 0.05) is 23.4 Å². The minimum absolute atomic E-state index is 0.181. The van der Waals surface area contributed by atoms with Crippen LogP contribution in [0.4, 0.5) is 14.5 Å². The summed E-state index contributed by atoms with van der Waals surface area (Å²) < 4.78 is 27.7.